The lowest BCUT2D eigenvalue weighted by atomic mass is 10.3. The number of nitrogen functional groups attached to an aromatic ring is 1. The van der Waals surface area contributed by atoms with Crippen molar-refractivity contribution < 1.29 is 0 Å². The lowest BCUT2D eigenvalue weighted by Gasteiger charge is -1.89. The van der Waals surface area contributed by atoms with Gasteiger partial charge in [0.05, 0.1) is 0 Å². The number of benzene rings is 2. The first kappa shape index (κ1) is 12.4. The Labute approximate surface area is 109 Å². The summed E-state index contributed by atoms with van der Waals surface area (Å²) in [5.41, 5.74) is 6.25. The number of hydrogen-bond donors (Lipinski definition) is 2. The smallest absolute Gasteiger partial charge is 0.0314 e. The summed E-state index contributed by atoms with van der Waals surface area (Å²) in [5, 5.41) is 0. The Kier molecular flexibility index (Phi) is 5.57. The predicted octanol–water partition coefficient (Wildman–Crippen LogP) is 3.85. The van der Waals surface area contributed by atoms with Gasteiger partial charge in [0.15, 0.2) is 0 Å². The van der Waals surface area contributed by atoms with Gasteiger partial charge in [-0.2, -0.15) is 0 Å². The number of nitrogens with two attached hydrogens (primary N) is 1. The average molecular weight is 329 g/mol. The second kappa shape index (κ2) is 6.74. The Bertz CT molecular complexity index is 365. The second-order valence-corrected chi connectivity index (χ2v) is 4.65. The van der Waals surface area contributed by atoms with Crippen LogP contribution in [0.4, 0.5) is 5.69 Å². The highest BCUT2D eigenvalue weighted by atomic mass is 127. The summed E-state index contributed by atoms with van der Waals surface area (Å²) in [6, 6.07) is 17.5. The van der Waals surface area contributed by atoms with Crippen LogP contribution in [0.2, 0.25) is 0 Å². The predicted molar refractivity (Wildman–Crippen MR) is 77.3 cm³/mol. The van der Waals surface area contributed by atoms with Crippen molar-refractivity contribution in [1.29, 1.82) is 0 Å². The maximum absolute atomic E-state index is 5.42. The number of anilines is 1. The molecular formula is C12H12INS. The molecule has 0 saturated heterocycles. The Morgan fingerprint density at radius 1 is 0.867 bits per heavy atom. The van der Waals surface area contributed by atoms with Crippen molar-refractivity contribution in [2.75, 3.05) is 5.73 Å². The molecule has 0 aliphatic carbocycles. The fourth-order valence-corrected chi connectivity index (χ4v) is 1.42. The van der Waals surface area contributed by atoms with Crippen LogP contribution in [-0.2, 0) is 0 Å². The minimum Gasteiger partial charge on any atom is -0.399 e. The largest absolute Gasteiger partial charge is 0.399 e. The van der Waals surface area contributed by atoms with Crippen LogP contribution in [0, 0.1) is 3.57 Å². The molecule has 0 fully saturated rings. The minimum atomic E-state index is 0.824. The number of hydrogen-bond acceptors (Lipinski definition) is 2. The van der Waals surface area contributed by atoms with Crippen LogP contribution < -0.4 is 5.73 Å². The summed E-state index contributed by atoms with van der Waals surface area (Å²) in [6.45, 7) is 0. The van der Waals surface area contributed by atoms with Gasteiger partial charge in [-0.25, -0.2) is 0 Å². The molecule has 0 aliphatic rings. The third-order valence-electron chi connectivity index (χ3n) is 1.63. The lowest BCUT2D eigenvalue weighted by Crippen LogP contribution is -1.81. The van der Waals surface area contributed by atoms with Crippen molar-refractivity contribution in [3.63, 3.8) is 0 Å². The van der Waals surface area contributed by atoms with Gasteiger partial charge in [-0.3, -0.25) is 0 Å². The molecule has 0 saturated carbocycles. The van der Waals surface area contributed by atoms with Gasteiger partial charge in [0, 0.05) is 14.2 Å². The van der Waals surface area contributed by atoms with Crippen LogP contribution in [0.3, 0.4) is 0 Å². The lowest BCUT2D eigenvalue weighted by molar-refractivity contribution is 1.48. The Balaban J connectivity index is 0.000000151. The van der Waals surface area contributed by atoms with Gasteiger partial charge in [-0.05, 0) is 59.0 Å². The molecule has 0 radical (unpaired) electrons. The molecule has 2 aromatic carbocycles. The fraction of sp³-hybridized carbons (Fsp3) is 0. The summed E-state index contributed by atoms with van der Waals surface area (Å²) < 4.78 is 1.22. The molecular weight excluding hydrogens is 317 g/mol. The van der Waals surface area contributed by atoms with E-state index in [2.05, 4.69) is 35.2 Å². The van der Waals surface area contributed by atoms with Gasteiger partial charge in [-0.15, -0.1) is 12.6 Å². The summed E-state index contributed by atoms with van der Waals surface area (Å²) in [6.07, 6.45) is 0. The van der Waals surface area contributed by atoms with E-state index in [-0.39, 0.29) is 0 Å². The molecule has 3 heteroatoms. The molecule has 15 heavy (non-hydrogen) atoms. The van der Waals surface area contributed by atoms with Gasteiger partial charge >= 0.3 is 0 Å². The van der Waals surface area contributed by atoms with Crippen LogP contribution >= 0.6 is 35.2 Å². The Hall–Kier alpha value is -0.680. The van der Waals surface area contributed by atoms with Crippen LogP contribution in [-0.4, -0.2) is 0 Å². The van der Waals surface area contributed by atoms with Crippen LogP contribution in [0.1, 0.15) is 0 Å². The summed E-state index contributed by atoms with van der Waals surface area (Å²) in [7, 11) is 0. The van der Waals surface area contributed by atoms with E-state index in [0.717, 1.165) is 10.6 Å². The van der Waals surface area contributed by atoms with Gasteiger partial charge < -0.3 is 5.73 Å². The van der Waals surface area contributed by atoms with Crippen LogP contribution in [0.5, 0.6) is 0 Å². The summed E-state index contributed by atoms with van der Waals surface area (Å²) in [4.78, 5) is 1.02. The van der Waals surface area contributed by atoms with Crippen molar-refractivity contribution in [1.82, 2.24) is 0 Å². The van der Waals surface area contributed by atoms with Gasteiger partial charge in [-0.1, -0.05) is 18.2 Å². The molecule has 0 bridgehead atoms. The van der Waals surface area contributed by atoms with Crippen LogP contribution in [0.15, 0.2) is 59.5 Å². The van der Waals surface area contributed by atoms with Crippen molar-refractivity contribution in [2.45, 2.75) is 4.90 Å². The summed E-state index contributed by atoms with van der Waals surface area (Å²) in [5.74, 6) is 0. The molecule has 0 aliphatic heterocycles. The molecule has 78 valence electrons. The van der Waals surface area contributed by atoms with E-state index in [1.165, 1.54) is 3.57 Å². The second-order valence-electron chi connectivity index (χ2n) is 2.89. The molecule has 0 atom stereocenters. The highest BCUT2D eigenvalue weighted by molar-refractivity contribution is 14.1. The first-order chi connectivity index (χ1) is 7.18. The van der Waals surface area contributed by atoms with E-state index >= 15 is 0 Å². The molecule has 2 aromatic rings. The van der Waals surface area contributed by atoms with Gasteiger partial charge in [0.2, 0.25) is 0 Å². The SMILES string of the molecule is Nc1ccc(I)cc1.Sc1ccccc1. The topological polar surface area (TPSA) is 26.0 Å². The highest BCUT2D eigenvalue weighted by Crippen LogP contribution is 2.06. The molecule has 1 nitrogen and oxygen atoms in total. The van der Waals surface area contributed by atoms with Crippen LogP contribution in [0.25, 0.3) is 0 Å². The van der Waals surface area contributed by atoms with Crippen molar-refractivity contribution >= 4 is 40.9 Å². The Morgan fingerprint density at radius 3 is 1.73 bits per heavy atom. The zero-order valence-electron chi connectivity index (χ0n) is 8.10. The maximum Gasteiger partial charge on any atom is 0.0314 e. The number of thiol groups is 1. The summed E-state index contributed by atoms with van der Waals surface area (Å²) >= 11 is 6.33. The van der Waals surface area contributed by atoms with Crippen molar-refractivity contribution in [3.8, 4) is 0 Å². The molecule has 0 aromatic heterocycles. The third-order valence-corrected chi connectivity index (χ3v) is 2.64. The standard InChI is InChI=1S/C6H6IN.C6H6S/c7-5-1-3-6(8)4-2-5;7-6-4-2-1-3-5-6/h1-4H,8H2;1-5,7H. The Morgan fingerprint density at radius 2 is 1.40 bits per heavy atom. The molecule has 0 heterocycles. The molecule has 2 N–H and O–H groups in total. The quantitative estimate of drug-likeness (QED) is 0.429. The number of rotatable bonds is 0. The van der Waals surface area contributed by atoms with E-state index in [4.69, 9.17) is 5.73 Å². The van der Waals surface area contributed by atoms with E-state index in [1.807, 2.05) is 54.6 Å². The average Bonchev–Trinajstić information content (AvgIpc) is 2.25. The van der Waals surface area contributed by atoms with E-state index in [9.17, 15) is 0 Å². The molecule has 0 amide bonds. The van der Waals surface area contributed by atoms with Gasteiger partial charge in [0.1, 0.15) is 0 Å². The molecule has 0 unspecified atom stereocenters. The minimum absolute atomic E-state index is 0.824. The third kappa shape index (κ3) is 5.69. The van der Waals surface area contributed by atoms with E-state index in [1.54, 1.807) is 0 Å². The monoisotopic (exact) mass is 329 g/mol. The van der Waals surface area contributed by atoms with E-state index < -0.39 is 0 Å². The van der Waals surface area contributed by atoms with Gasteiger partial charge in [0.25, 0.3) is 0 Å². The number of halogens is 1. The highest BCUT2D eigenvalue weighted by Gasteiger charge is 1.81. The van der Waals surface area contributed by atoms with E-state index in [0.29, 0.717) is 0 Å². The zero-order chi connectivity index (χ0) is 11.1. The van der Waals surface area contributed by atoms with Crippen molar-refractivity contribution in [3.05, 3.63) is 58.2 Å². The molecule has 2 rings (SSSR count). The fourth-order valence-electron chi connectivity index (χ4n) is 0.891. The first-order valence-electron chi connectivity index (χ1n) is 4.43. The van der Waals surface area contributed by atoms with Crippen molar-refractivity contribution in [2.24, 2.45) is 0 Å². The normalized spacial score (nSPS) is 8.93. The zero-order valence-corrected chi connectivity index (χ0v) is 11.2. The molecule has 0 spiro atoms. The maximum atomic E-state index is 5.42. The first-order valence-corrected chi connectivity index (χ1v) is 5.96.